The number of pyridine rings is 1. The molecule has 1 saturated heterocycles. The topological polar surface area (TPSA) is 65.5 Å². The van der Waals surface area contributed by atoms with Crippen molar-refractivity contribution in [2.75, 3.05) is 32.0 Å². The molecule has 6 heteroatoms. The third kappa shape index (κ3) is 3.26. The lowest BCUT2D eigenvalue weighted by Gasteiger charge is -2.33. The number of carbonyl (C=O) groups is 2. The first-order chi connectivity index (χ1) is 9.63. The summed E-state index contributed by atoms with van der Waals surface area (Å²) < 4.78 is 0. The van der Waals surface area contributed by atoms with E-state index in [9.17, 15) is 9.59 Å². The molecule has 0 aliphatic carbocycles. The second-order valence-corrected chi connectivity index (χ2v) is 4.85. The van der Waals surface area contributed by atoms with Crippen LogP contribution in [0.1, 0.15) is 19.0 Å². The Hall–Kier alpha value is -2.11. The van der Waals surface area contributed by atoms with Crippen LogP contribution in [0.5, 0.6) is 0 Å². The third-order valence-electron chi connectivity index (χ3n) is 3.31. The molecule has 0 atom stereocenters. The van der Waals surface area contributed by atoms with Gasteiger partial charge in [-0.1, -0.05) is 6.92 Å². The molecular formula is C14H20N4O2. The molecule has 1 aliphatic heterocycles. The van der Waals surface area contributed by atoms with Crippen LogP contribution in [-0.2, 0) is 16.1 Å². The highest BCUT2D eigenvalue weighted by Gasteiger charge is 2.29. The van der Waals surface area contributed by atoms with Gasteiger partial charge in [0.25, 0.3) is 0 Å². The van der Waals surface area contributed by atoms with Crippen LogP contribution >= 0.6 is 0 Å². The number of rotatable bonds is 5. The molecule has 0 radical (unpaired) electrons. The minimum Gasteiger partial charge on any atom is -0.388 e. The second kappa shape index (κ2) is 6.36. The Morgan fingerprint density at radius 3 is 2.65 bits per heavy atom. The summed E-state index contributed by atoms with van der Waals surface area (Å²) in [5, 5.41) is 3.03. The van der Waals surface area contributed by atoms with Crippen molar-refractivity contribution >= 4 is 17.5 Å². The second-order valence-electron chi connectivity index (χ2n) is 4.85. The van der Waals surface area contributed by atoms with E-state index >= 15 is 0 Å². The van der Waals surface area contributed by atoms with Crippen molar-refractivity contribution in [1.82, 2.24) is 14.8 Å². The van der Waals surface area contributed by atoms with E-state index in [1.807, 2.05) is 26.1 Å². The van der Waals surface area contributed by atoms with Crippen LogP contribution in [0.2, 0.25) is 0 Å². The van der Waals surface area contributed by atoms with E-state index < -0.39 is 0 Å². The van der Waals surface area contributed by atoms with Crippen molar-refractivity contribution in [1.29, 1.82) is 0 Å². The van der Waals surface area contributed by atoms with Gasteiger partial charge in [0.1, 0.15) is 6.54 Å². The molecular weight excluding hydrogens is 256 g/mol. The van der Waals surface area contributed by atoms with Crippen LogP contribution < -0.4 is 5.32 Å². The van der Waals surface area contributed by atoms with Crippen LogP contribution in [0, 0.1) is 0 Å². The first kappa shape index (κ1) is 14.3. The third-order valence-corrected chi connectivity index (χ3v) is 3.31. The molecule has 2 rings (SSSR count). The van der Waals surface area contributed by atoms with Gasteiger partial charge in [0.15, 0.2) is 0 Å². The van der Waals surface area contributed by atoms with Crippen molar-refractivity contribution in [3.63, 3.8) is 0 Å². The molecule has 6 nitrogen and oxygen atoms in total. The molecule has 20 heavy (non-hydrogen) atoms. The maximum atomic E-state index is 12.1. The molecule has 2 amide bonds. The SMILES string of the molecule is CCCN1CC(=O)N(Cc2cc(NC)ccn2)CC1=O. The number of aromatic nitrogens is 1. The standard InChI is InChI=1S/C14H20N4O2/c1-3-6-17-9-14(20)18(10-13(17)19)8-12-7-11(15-2)4-5-16-12/h4-5,7H,3,6,8-10H2,1-2H3,(H,15,16). The average molecular weight is 276 g/mol. The van der Waals surface area contributed by atoms with E-state index in [2.05, 4.69) is 10.3 Å². The molecule has 0 saturated carbocycles. The molecule has 0 aromatic carbocycles. The van der Waals surface area contributed by atoms with Gasteiger partial charge in [-0.2, -0.15) is 0 Å². The summed E-state index contributed by atoms with van der Waals surface area (Å²) in [6, 6.07) is 3.74. The Bertz CT molecular complexity index is 504. The summed E-state index contributed by atoms with van der Waals surface area (Å²) in [5.41, 5.74) is 1.72. The lowest BCUT2D eigenvalue weighted by atomic mass is 10.2. The number of piperazine rings is 1. The van der Waals surface area contributed by atoms with E-state index in [-0.39, 0.29) is 24.9 Å². The number of amides is 2. The molecule has 1 aliphatic rings. The zero-order valence-electron chi connectivity index (χ0n) is 11.9. The van der Waals surface area contributed by atoms with E-state index in [1.54, 1.807) is 16.0 Å². The van der Waals surface area contributed by atoms with Gasteiger partial charge in [-0.3, -0.25) is 14.6 Å². The van der Waals surface area contributed by atoms with Gasteiger partial charge < -0.3 is 15.1 Å². The van der Waals surface area contributed by atoms with Gasteiger partial charge in [-0.25, -0.2) is 0 Å². The van der Waals surface area contributed by atoms with Crippen LogP contribution in [0.3, 0.4) is 0 Å². The first-order valence-corrected chi connectivity index (χ1v) is 6.82. The van der Waals surface area contributed by atoms with E-state index in [0.717, 1.165) is 17.8 Å². The Morgan fingerprint density at radius 2 is 1.95 bits per heavy atom. The van der Waals surface area contributed by atoms with Gasteiger partial charge in [0.2, 0.25) is 11.8 Å². The average Bonchev–Trinajstić information content (AvgIpc) is 2.45. The van der Waals surface area contributed by atoms with Gasteiger partial charge >= 0.3 is 0 Å². The fourth-order valence-electron chi connectivity index (χ4n) is 2.24. The number of anilines is 1. The van der Waals surface area contributed by atoms with Gasteiger partial charge in [-0.05, 0) is 18.6 Å². The molecule has 1 N–H and O–H groups in total. The quantitative estimate of drug-likeness (QED) is 0.860. The Labute approximate surface area is 118 Å². The molecule has 0 spiro atoms. The Balaban J connectivity index is 2.03. The maximum absolute atomic E-state index is 12.1. The molecule has 0 unspecified atom stereocenters. The van der Waals surface area contributed by atoms with E-state index in [0.29, 0.717) is 13.1 Å². The highest BCUT2D eigenvalue weighted by molar-refractivity contribution is 5.92. The van der Waals surface area contributed by atoms with E-state index in [4.69, 9.17) is 0 Å². The van der Waals surface area contributed by atoms with Gasteiger partial charge in [0, 0.05) is 25.5 Å². The molecule has 1 fully saturated rings. The summed E-state index contributed by atoms with van der Waals surface area (Å²) in [4.78, 5) is 31.4. The van der Waals surface area contributed by atoms with Crippen molar-refractivity contribution in [3.05, 3.63) is 24.0 Å². The predicted octanol–water partition coefficient (Wildman–Crippen LogP) is 0.704. The van der Waals surface area contributed by atoms with Crippen molar-refractivity contribution in [2.24, 2.45) is 0 Å². The summed E-state index contributed by atoms with van der Waals surface area (Å²) in [7, 11) is 1.83. The normalized spacial score (nSPS) is 15.7. The smallest absolute Gasteiger partial charge is 0.243 e. The number of hydrogen-bond donors (Lipinski definition) is 1. The van der Waals surface area contributed by atoms with Crippen molar-refractivity contribution in [2.45, 2.75) is 19.9 Å². The monoisotopic (exact) mass is 276 g/mol. The van der Waals surface area contributed by atoms with Crippen LogP contribution in [0.4, 0.5) is 5.69 Å². The van der Waals surface area contributed by atoms with Crippen LogP contribution in [0.25, 0.3) is 0 Å². The largest absolute Gasteiger partial charge is 0.388 e. The fourth-order valence-corrected chi connectivity index (χ4v) is 2.24. The van der Waals surface area contributed by atoms with Crippen LogP contribution in [-0.4, -0.2) is 53.3 Å². The highest BCUT2D eigenvalue weighted by Crippen LogP contribution is 2.12. The Kier molecular flexibility index (Phi) is 4.55. The minimum atomic E-state index is -0.0188. The highest BCUT2D eigenvalue weighted by atomic mass is 16.2. The van der Waals surface area contributed by atoms with Gasteiger partial charge in [0.05, 0.1) is 18.8 Å². The summed E-state index contributed by atoms with van der Waals surface area (Å²) in [6.07, 6.45) is 2.56. The molecule has 0 bridgehead atoms. The zero-order chi connectivity index (χ0) is 14.5. The fraction of sp³-hybridized carbons (Fsp3) is 0.500. The number of hydrogen-bond acceptors (Lipinski definition) is 4. The predicted molar refractivity (Wildman–Crippen MR) is 76.1 cm³/mol. The summed E-state index contributed by atoms with van der Waals surface area (Å²) >= 11 is 0. The molecule has 1 aromatic rings. The minimum absolute atomic E-state index is 0.0104. The van der Waals surface area contributed by atoms with Gasteiger partial charge in [-0.15, -0.1) is 0 Å². The molecule has 2 heterocycles. The van der Waals surface area contributed by atoms with Crippen molar-refractivity contribution in [3.8, 4) is 0 Å². The maximum Gasteiger partial charge on any atom is 0.243 e. The van der Waals surface area contributed by atoms with E-state index in [1.165, 1.54) is 0 Å². The van der Waals surface area contributed by atoms with Crippen LogP contribution in [0.15, 0.2) is 18.3 Å². The number of nitrogens with one attached hydrogen (secondary N) is 1. The first-order valence-electron chi connectivity index (χ1n) is 6.82. The molecule has 108 valence electrons. The lowest BCUT2D eigenvalue weighted by Crippen LogP contribution is -2.53. The number of carbonyl (C=O) groups excluding carboxylic acids is 2. The lowest BCUT2D eigenvalue weighted by molar-refractivity contribution is -0.150. The zero-order valence-corrected chi connectivity index (χ0v) is 11.9. The number of nitrogens with zero attached hydrogens (tertiary/aromatic N) is 3. The molecule has 1 aromatic heterocycles. The summed E-state index contributed by atoms with van der Waals surface area (Å²) in [6.45, 7) is 3.34. The van der Waals surface area contributed by atoms with Crippen molar-refractivity contribution < 1.29 is 9.59 Å². The Morgan fingerprint density at radius 1 is 1.25 bits per heavy atom. The summed E-state index contributed by atoms with van der Waals surface area (Å²) in [5.74, 6) is -0.00840.